The van der Waals surface area contributed by atoms with Crippen LogP contribution in [-0.4, -0.2) is 22.0 Å². The Hall–Kier alpha value is -1.14. The molecule has 0 saturated heterocycles. The van der Waals surface area contributed by atoms with Gasteiger partial charge in [0.2, 0.25) is 5.91 Å². The van der Waals surface area contributed by atoms with Gasteiger partial charge in [0.15, 0.2) is 5.15 Å². The summed E-state index contributed by atoms with van der Waals surface area (Å²) in [5.41, 5.74) is -0.687. The number of pyridine rings is 1. The van der Waals surface area contributed by atoms with Gasteiger partial charge in [-0.3, -0.25) is 9.59 Å². The fourth-order valence-corrected chi connectivity index (χ4v) is 2.37. The van der Waals surface area contributed by atoms with Gasteiger partial charge >= 0.3 is 5.97 Å². The number of aromatic nitrogens is 1. The average molecular weight is 364 g/mol. The highest BCUT2D eigenvalue weighted by Gasteiger charge is 2.37. The van der Waals surface area contributed by atoms with Gasteiger partial charge in [-0.2, -0.15) is 0 Å². The number of carboxylic acid groups (broad SMARTS) is 1. The van der Waals surface area contributed by atoms with Crippen molar-refractivity contribution in [2.75, 3.05) is 5.32 Å². The van der Waals surface area contributed by atoms with Crippen molar-refractivity contribution in [3.8, 4) is 0 Å². The lowest BCUT2D eigenvalue weighted by molar-refractivity contribution is -0.151. The zero-order valence-electron chi connectivity index (χ0n) is 11.2. The van der Waals surface area contributed by atoms with Crippen LogP contribution >= 0.6 is 27.5 Å². The third-order valence-electron chi connectivity index (χ3n) is 3.39. The van der Waals surface area contributed by atoms with E-state index in [1.807, 2.05) is 0 Å². The standard InChI is InChI=1S/C13H16BrClN2O3/c1-3-13(4-2,12(19)20)6-10(18)17-9-5-8(14)7-16-11(9)15/h5,7H,3-4,6H2,1-2H3,(H,17,18)(H,19,20). The molecule has 1 heterocycles. The van der Waals surface area contributed by atoms with Crippen molar-refractivity contribution in [3.63, 3.8) is 0 Å². The van der Waals surface area contributed by atoms with Crippen LogP contribution in [-0.2, 0) is 9.59 Å². The highest BCUT2D eigenvalue weighted by Crippen LogP contribution is 2.32. The Morgan fingerprint density at radius 1 is 1.45 bits per heavy atom. The van der Waals surface area contributed by atoms with Crippen molar-refractivity contribution in [1.82, 2.24) is 4.98 Å². The van der Waals surface area contributed by atoms with Gasteiger partial charge < -0.3 is 10.4 Å². The number of carbonyl (C=O) groups is 2. The molecular weight excluding hydrogens is 348 g/mol. The van der Waals surface area contributed by atoms with Crippen LogP contribution in [0, 0.1) is 5.41 Å². The minimum Gasteiger partial charge on any atom is -0.481 e. The second-order valence-corrected chi connectivity index (χ2v) is 5.78. The van der Waals surface area contributed by atoms with E-state index in [0.717, 1.165) is 0 Å². The molecule has 0 atom stereocenters. The van der Waals surface area contributed by atoms with Crippen LogP contribution in [0.2, 0.25) is 5.15 Å². The number of hydrogen-bond acceptors (Lipinski definition) is 3. The molecule has 0 radical (unpaired) electrons. The van der Waals surface area contributed by atoms with Gasteiger partial charge in [-0.1, -0.05) is 25.4 Å². The topological polar surface area (TPSA) is 79.3 Å². The third kappa shape index (κ3) is 3.93. The first-order valence-electron chi connectivity index (χ1n) is 6.19. The molecule has 0 bridgehead atoms. The monoisotopic (exact) mass is 362 g/mol. The molecule has 5 nitrogen and oxygen atoms in total. The molecule has 0 aromatic carbocycles. The Morgan fingerprint density at radius 3 is 2.55 bits per heavy atom. The van der Waals surface area contributed by atoms with Crippen LogP contribution < -0.4 is 5.32 Å². The van der Waals surface area contributed by atoms with Gasteiger partial charge in [0.1, 0.15) is 0 Å². The highest BCUT2D eigenvalue weighted by molar-refractivity contribution is 9.10. The molecule has 0 aliphatic carbocycles. The van der Waals surface area contributed by atoms with E-state index in [2.05, 4.69) is 26.2 Å². The molecule has 0 spiro atoms. The number of carbonyl (C=O) groups excluding carboxylic acids is 1. The minimum absolute atomic E-state index is 0.0990. The predicted molar refractivity (Wildman–Crippen MR) is 80.8 cm³/mol. The maximum atomic E-state index is 12.0. The molecule has 1 aromatic heterocycles. The Labute approximate surface area is 130 Å². The maximum Gasteiger partial charge on any atom is 0.310 e. The quantitative estimate of drug-likeness (QED) is 0.755. The first kappa shape index (κ1) is 16.9. The molecular formula is C13H16BrClN2O3. The van der Waals surface area contributed by atoms with Gasteiger partial charge in [-0.25, -0.2) is 4.98 Å². The lowest BCUT2D eigenvalue weighted by Crippen LogP contribution is -2.34. The predicted octanol–water partition coefficient (Wildman–Crippen LogP) is 3.72. The van der Waals surface area contributed by atoms with Crippen LogP contribution in [0.1, 0.15) is 33.1 Å². The van der Waals surface area contributed by atoms with E-state index in [1.54, 1.807) is 19.9 Å². The van der Waals surface area contributed by atoms with Crippen molar-refractivity contribution in [2.45, 2.75) is 33.1 Å². The van der Waals surface area contributed by atoms with Crippen LogP contribution in [0.4, 0.5) is 5.69 Å². The van der Waals surface area contributed by atoms with E-state index in [9.17, 15) is 14.7 Å². The molecule has 20 heavy (non-hydrogen) atoms. The van der Waals surface area contributed by atoms with Crippen molar-refractivity contribution in [1.29, 1.82) is 0 Å². The van der Waals surface area contributed by atoms with Crippen molar-refractivity contribution in [2.24, 2.45) is 5.41 Å². The van der Waals surface area contributed by atoms with Crippen molar-refractivity contribution >= 4 is 45.1 Å². The minimum atomic E-state index is -1.05. The number of rotatable bonds is 6. The van der Waals surface area contributed by atoms with E-state index in [0.29, 0.717) is 23.0 Å². The molecule has 0 aliphatic rings. The summed E-state index contributed by atoms with van der Waals surface area (Å²) in [4.78, 5) is 27.3. The molecule has 0 aliphatic heterocycles. The van der Waals surface area contributed by atoms with Gasteiger partial charge in [0.05, 0.1) is 11.1 Å². The molecule has 0 saturated carbocycles. The summed E-state index contributed by atoms with van der Waals surface area (Å²) in [5, 5.41) is 12.1. The molecule has 1 rings (SSSR count). The van der Waals surface area contributed by atoms with Crippen LogP contribution in [0.5, 0.6) is 0 Å². The Bertz CT molecular complexity index is 518. The molecule has 0 fully saturated rings. The number of nitrogens with zero attached hydrogens (tertiary/aromatic N) is 1. The summed E-state index contributed by atoms with van der Waals surface area (Å²) >= 11 is 9.11. The molecule has 2 N–H and O–H groups in total. The van der Waals surface area contributed by atoms with E-state index in [4.69, 9.17) is 11.6 Å². The summed E-state index contributed by atoms with van der Waals surface area (Å²) < 4.78 is 0.674. The average Bonchev–Trinajstić information content (AvgIpc) is 2.40. The van der Waals surface area contributed by atoms with Gasteiger partial charge in [-0.15, -0.1) is 0 Å². The van der Waals surface area contributed by atoms with E-state index >= 15 is 0 Å². The molecule has 1 amide bonds. The first-order chi connectivity index (χ1) is 9.34. The van der Waals surface area contributed by atoms with E-state index in [-0.39, 0.29) is 11.6 Å². The normalized spacial score (nSPS) is 11.2. The zero-order chi connectivity index (χ0) is 15.3. The van der Waals surface area contributed by atoms with Gasteiger partial charge in [0, 0.05) is 17.1 Å². The van der Waals surface area contributed by atoms with Crippen LogP contribution in [0.25, 0.3) is 0 Å². The summed E-state index contributed by atoms with van der Waals surface area (Å²) in [7, 11) is 0. The summed E-state index contributed by atoms with van der Waals surface area (Å²) in [6, 6.07) is 1.62. The second kappa shape index (κ2) is 7.04. The number of carboxylic acids is 1. The van der Waals surface area contributed by atoms with Crippen LogP contribution in [0.15, 0.2) is 16.7 Å². The number of anilines is 1. The number of hydrogen-bond donors (Lipinski definition) is 2. The Balaban J connectivity index is 2.86. The lowest BCUT2D eigenvalue weighted by Gasteiger charge is -2.25. The Kier molecular flexibility index (Phi) is 5.95. The third-order valence-corrected chi connectivity index (χ3v) is 4.12. The first-order valence-corrected chi connectivity index (χ1v) is 7.36. The Morgan fingerprint density at radius 2 is 2.05 bits per heavy atom. The number of aliphatic carboxylic acids is 1. The highest BCUT2D eigenvalue weighted by atomic mass is 79.9. The van der Waals surface area contributed by atoms with Crippen molar-refractivity contribution in [3.05, 3.63) is 21.9 Å². The van der Waals surface area contributed by atoms with E-state index in [1.165, 1.54) is 6.20 Å². The molecule has 7 heteroatoms. The summed E-state index contributed by atoms with van der Waals surface area (Å²) in [6.45, 7) is 3.52. The summed E-state index contributed by atoms with van der Waals surface area (Å²) in [5.74, 6) is -1.35. The van der Waals surface area contributed by atoms with E-state index < -0.39 is 17.3 Å². The molecule has 110 valence electrons. The fraction of sp³-hybridized carbons (Fsp3) is 0.462. The molecule has 0 unspecified atom stereocenters. The van der Waals surface area contributed by atoms with Crippen LogP contribution in [0.3, 0.4) is 0 Å². The number of halogens is 2. The van der Waals surface area contributed by atoms with Crippen molar-refractivity contribution < 1.29 is 14.7 Å². The second-order valence-electron chi connectivity index (χ2n) is 4.51. The SMILES string of the molecule is CCC(CC)(CC(=O)Nc1cc(Br)cnc1Cl)C(=O)O. The van der Waals surface area contributed by atoms with Gasteiger partial charge in [0.25, 0.3) is 0 Å². The summed E-state index contributed by atoms with van der Waals surface area (Å²) in [6.07, 6.45) is 2.18. The molecule has 1 aromatic rings. The zero-order valence-corrected chi connectivity index (χ0v) is 13.6. The smallest absolute Gasteiger partial charge is 0.310 e. The van der Waals surface area contributed by atoms with Gasteiger partial charge in [-0.05, 0) is 34.8 Å². The fourth-order valence-electron chi connectivity index (χ4n) is 1.89. The number of nitrogens with one attached hydrogen (secondary N) is 1. The maximum absolute atomic E-state index is 12.0. The largest absolute Gasteiger partial charge is 0.481 e. The lowest BCUT2D eigenvalue weighted by atomic mass is 9.79. The number of amides is 1.